The number of hydrogen-bond acceptors (Lipinski definition) is 4. The number of aromatic amines is 1. The number of carbonyl (C=O) groups is 2. The third-order valence-electron chi connectivity index (χ3n) is 4.41. The van der Waals surface area contributed by atoms with E-state index < -0.39 is 11.7 Å². The molecular formula is C19H26N4O3. The highest BCUT2D eigenvalue weighted by Crippen LogP contribution is 2.21. The fourth-order valence-corrected chi connectivity index (χ4v) is 3.23. The lowest BCUT2D eigenvalue weighted by molar-refractivity contribution is 0.0502. The number of fused-ring (bicyclic) bond motifs is 1. The van der Waals surface area contributed by atoms with E-state index in [1.165, 1.54) is 0 Å². The number of ether oxygens (including phenoxy) is 1. The van der Waals surface area contributed by atoms with Crippen molar-refractivity contribution in [2.45, 2.75) is 39.2 Å². The molecule has 1 aromatic carbocycles. The first-order valence-corrected chi connectivity index (χ1v) is 9.03. The summed E-state index contributed by atoms with van der Waals surface area (Å²) in [5.74, 6) is 0.148. The highest BCUT2D eigenvalue weighted by atomic mass is 16.6. The molecule has 140 valence electrons. The summed E-state index contributed by atoms with van der Waals surface area (Å²) in [5, 5.41) is 10.8. The van der Waals surface area contributed by atoms with E-state index in [2.05, 4.69) is 15.5 Å². The molecule has 2 N–H and O–H groups in total. The maximum atomic E-state index is 12.9. The van der Waals surface area contributed by atoms with E-state index in [1.54, 1.807) is 0 Å². The molecule has 0 spiro atoms. The number of nitrogens with zero attached hydrogens (tertiary/aromatic N) is 2. The smallest absolute Gasteiger partial charge is 0.407 e. The SMILES string of the molecule is CC(C)(C)OC(=O)NC[C@@H]1CCCN(C(=O)c2n[nH]c3ccccc23)C1. The Bertz CT molecular complexity index is 793. The summed E-state index contributed by atoms with van der Waals surface area (Å²) in [4.78, 5) is 26.5. The lowest BCUT2D eigenvalue weighted by atomic mass is 9.97. The average Bonchev–Trinajstić information content (AvgIpc) is 3.02. The monoisotopic (exact) mass is 358 g/mol. The molecular weight excluding hydrogens is 332 g/mol. The van der Waals surface area contributed by atoms with Gasteiger partial charge in [0.2, 0.25) is 0 Å². The zero-order chi connectivity index (χ0) is 18.7. The summed E-state index contributed by atoms with van der Waals surface area (Å²) < 4.78 is 5.27. The van der Waals surface area contributed by atoms with E-state index in [9.17, 15) is 9.59 Å². The van der Waals surface area contributed by atoms with Crippen molar-refractivity contribution in [3.05, 3.63) is 30.0 Å². The van der Waals surface area contributed by atoms with Crippen molar-refractivity contribution < 1.29 is 14.3 Å². The zero-order valence-electron chi connectivity index (χ0n) is 15.5. The summed E-state index contributed by atoms with van der Waals surface area (Å²) in [7, 11) is 0. The van der Waals surface area contributed by atoms with Crippen LogP contribution in [-0.2, 0) is 4.74 Å². The third-order valence-corrected chi connectivity index (χ3v) is 4.41. The first-order valence-electron chi connectivity index (χ1n) is 9.03. The van der Waals surface area contributed by atoms with Gasteiger partial charge in [0.05, 0.1) is 5.52 Å². The maximum Gasteiger partial charge on any atom is 0.407 e. The first kappa shape index (κ1) is 18.2. The lowest BCUT2D eigenvalue weighted by Gasteiger charge is -2.32. The Balaban J connectivity index is 1.60. The summed E-state index contributed by atoms with van der Waals surface area (Å²) >= 11 is 0. The van der Waals surface area contributed by atoms with Crippen LogP contribution in [-0.4, -0.2) is 52.3 Å². The van der Waals surface area contributed by atoms with Crippen molar-refractivity contribution in [1.29, 1.82) is 0 Å². The Labute approximate surface area is 153 Å². The van der Waals surface area contributed by atoms with Crippen LogP contribution in [0.2, 0.25) is 0 Å². The van der Waals surface area contributed by atoms with Gasteiger partial charge >= 0.3 is 6.09 Å². The predicted molar refractivity (Wildman–Crippen MR) is 99.0 cm³/mol. The molecule has 1 aliphatic heterocycles. The van der Waals surface area contributed by atoms with Crippen molar-refractivity contribution in [3.63, 3.8) is 0 Å². The largest absolute Gasteiger partial charge is 0.444 e. The fraction of sp³-hybridized carbons (Fsp3) is 0.526. The minimum atomic E-state index is -0.514. The van der Waals surface area contributed by atoms with Crippen LogP contribution in [0.5, 0.6) is 0 Å². The van der Waals surface area contributed by atoms with Crippen molar-refractivity contribution in [2.24, 2.45) is 5.92 Å². The molecule has 2 heterocycles. The number of aromatic nitrogens is 2. The number of carbonyl (C=O) groups excluding carboxylic acids is 2. The number of amides is 2. The molecule has 1 fully saturated rings. The molecule has 1 aliphatic rings. The number of piperidine rings is 1. The van der Waals surface area contributed by atoms with E-state index in [0.717, 1.165) is 23.7 Å². The Morgan fingerprint density at radius 1 is 1.35 bits per heavy atom. The van der Waals surface area contributed by atoms with Gasteiger partial charge in [0.1, 0.15) is 5.60 Å². The predicted octanol–water partition coefficient (Wildman–Crippen LogP) is 2.94. The van der Waals surface area contributed by atoms with Gasteiger partial charge < -0.3 is 15.0 Å². The average molecular weight is 358 g/mol. The summed E-state index contributed by atoms with van der Waals surface area (Å²) in [6.07, 6.45) is 1.47. The zero-order valence-corrected chi connectivity index (χ0v) is 15.5. The van der Waals surface area contributed by atoms with Crippen LogP contribution >= 0.6 is 0 Å². The van der Waals surface area contributed by atoms with Gasteiger partial charge in [-0.05, 0) is 45.6 Å². The van der Waals surface area contributed by atoms with Crippen LogP contribution < -0.4 is 5.32 Å². The normalized spacial score (nSPS) is 18.0. The van der Waals surface area contributed by atoms with Crippen molar-refractivity contribution in [1.82, 2.24) is 20.4 Å². The van der Waals surface area contributed by atoms with Gasteiger partial charge in [0, 0.05) is 25.0 Å². The summed E-state index contributed by atoms with van der Waals surface area (Å²) in [6.45, 7) is 7.32. The van der Waals surface area contributed by atoms with Crippen molar-refractivity contribution >= 4 is 22.9 Å². The number of H-pyrrole nitrogens is 1. The second kappa shape index (κ2) is 7.35. The van der Waals surface area contributed by atoms with Gasteiger partial charge in [0.15, 0.2) is 5.69 Å². The topological polar surface area (TPSA) is 87.3 Å². The summed E-state index contributed by atoms with van der Waals surface area (Å²) in [6, 6.07) is 7.62. The number of likely N-dealkylation sites (tertiary alicyclic amines) is 1. The molecule has 0 radical (unpaired) electrons. The molecule has 0 saturated carbocycles. The second-order valence-electron chi connectivity index (χ2n) is 7.76. The van der Waals surface area contributed by atoms with Gasteiger partial charge in [-0.1, -0.05) is 18.2 Å². The van der Waals surface area contributed by atoms with Crippen molar-refractivity contribution in [2.75, 3.05) is 19.6 Å². The van der Waals surface area contributed by atoms with Crippen molar-refractivity contribution in [3.8, 4) is 0 Å². The molecule has 1 saturated heterocycles. The molecule has 7 heteroatoms. The van der Waals surface area contributed by atoms with Crippen LogP contribution in [0.1, 0.15) is 44.1 Å². The van der Waals surface area contributed by atoms with Gasteiger partial charge in [0.25, 0.3) is 5.91 Å². The highest BCUT2D eigenvalue weighted by molar-refractivity contribution is 6.04. The van der Waals surface area contributed by atoms with Crippen LogP contribution in [0.15, 0.2) is 24.3 Å². The quantitative estimate of drug-likeness (QED) is 0.883. The second-order valence-corrected chi connectivity index (χ2v) is 7.76. The number of nitrogens with one attached hydrogen (secondary N) is 2. The molecule has 1 aromatic heterocycles. The molecule has 3 rings (SSSR count). The Morgan fingerprint density at radius 3 is 2.88 bits per heavy atom. The molecule has 2 amide bonds. The molecule has 1 atom stereocenters. The van der Waals surface area contributed by atoms with E-state index in [1.807, 2.05) is 49.9 Å². The highest BCUT2D eigenvalue weighted by Gasteiger charge is 2.27. The Kier molecular flexibility index (Phi) is 5.15. The Morgan fingerprint density at radius 2 is 2.12 bits per heavy atom. The van der Waals surface area contributed by atoms with Crippen LogP contribution in [0.25, 0.3) is 10.9 Å². The molecule has 26 heavy (non-hydrogen) atoms. The number of hydrogen-bond donors (Lipinski definition) is 2. The van der Waals surface area contributed by atoms with E-state index >= 15 is 0 Å². The number of rotatable bonds is 3. The third kappa shape index (κ3) is 4.33. The number of benzene rings is 1. The Hall–Kier alpha value is -2.57. The van der Waals surface area contributed by atoms with Gasteiger partial charge in [-0.15, -0.1) is 0 Å². The van der Waals surface area contributed by atoms with Gasteiger partial charge in [-0.2, -0.15) is 5.10 Å². The van der Waals surface area contributed by atoms with E-state index in [4.69, 9.17) is 4.74 Å². The molecule has 0 aliphatic carbocycles. The minimum absolute atomic E-state index is 0.0654. The van der Waals surface area contributed by atoms with Crippen LogP contribution in [0.4, 0.5) is 4.79 Å². The molecule has 0 bridgehead atoms. The molecule has 2 aromatic rings. The van der Waals surface area contributed by atoms with E-state index in [0.29, 0.717) is 25.3 Å². The van der Waals surface area contributed by atoms with E-state index in [-0.39, 0.29) is 11.8 Å². The van der Waals surface area contributed by atoms with Crippen LogP contribution in [0, 0.1) is 5.92 Å². The summed E-state index contributed by atoms with van der Waals surface area (Å²) in [5.41, 5.74) is 0.803. The standard InChI is InChI=1S/C19H26N4O3/c1-19(2,3)26-18(25)20-11-13-7-6-10-23(12-13)17(24)16-14-8-4-5-9-15(14)21-22-16/h4-5,8-9,13H,6-7,10-12H2,1-3H3,(H,20,25)(H,21,22)/t13-/m0/s1. The maximum absolute atomic E-state index is 12.9. The number of alkyl carbamates (subject to hydrolysis) is 1. The van der Waals surface area contributed by atoms with Crippen LogP contribution in [0.3, 0.4) is 0 Å². The van der Waals surface area contributed by atoms with Gasteiger partial charge in [-0.25, -0.2) is 4.79 Å². The first-order chi connectivity index (χ1) is 12.3. The molecule has 0 unspecified atom stereocenters. The lowest BCUT2D eigenvalue weighted by Crippen LogP contribution is -2.44. The molecule has 7 nitrogen and oxygen atoms in total. The van der Waals surface area contributed by atoms with Gasteiger partial charge in [-0.3, -0.25) is 9.89 Å². The minimum Gasteiger partial charge on any atom is -0.444 e. The number of para-hydroxylation sites is 1. The fourth-order valence-electron chi connectivity index (χ4n) is 3.23.